The van der Waals surface area contributed by atoms with Gasteiger partial charge in [-0.2, -0.15) is 0 Å². The molecule has 1 aliphatic rings. The largest absolute Gasteiger partial charge is 0.312 e. The Hall–Kier alpha value is -1.05. The summed E-state index contributed by atoms with van der Waals surface area (Å²) in [7, 11) is 0. The van der Waals surface area contributed by atoms with E-state index in [0.717, 1.165) is 5.56 Å². The maximum atomic E-state index is 11.6. The molecule has 1 aromatic rings. The van der Waals surface area contributed by atoms with Gasteiger partial charge in [0, 0.05) is 17.8 Å². The molecule has 0 atom stereocenters. The van der Waals surface area contributed by atoms with E-state index >= 15 is 0 Å². The van der Waals surface area contributed by atoms with Gasteiger partial charge in [0.15, 0.2) is 0 Å². The molecule has 1 aromatic heterocycles. The van der Waals surface area contributed by atoms with Crippen LogP contribution in [-0.4, -0.2) is 4.57 Å². The highest BCUT2D eigenvalue weighted by Crippen LogP contribution is 2.33. The van der Waals surface area contributed by atoms with E-state index in [9.17, 15) is 4.79 Å². The second-order valence-corrected chi connectivity index (χ2v) is 3.64. The Morgan fingerprint density at radius 2 is 2.08 bits per heavy atom. The van der Waals surface area contributed by atoms with Crippen molar-refractivity contribution in [3.05, 3.63) is 33.7 Å². The lowest BCUT2D eigenvalue weighted by atomic mass is 10.2. The Kier molecular flexibility index (Phi) is 1.56. The molecule has 12 heavy (non-hydrogen) atoms. The predicted octanol–water partition coefficient (Wildman–Crippen LogP) is 1.80. The molecule has 2 rings (SSSR count). The van der Waals surface area contributed by atoms with Gasteiger partial charge in [-0.05, 0) is 38.3 Å². The monoisotopic (exact) mass is 163 g/mol. The van der Waals surface area contributed by atoms with Crippen LogP contribution in [0, 0.1) is 13.8 Å². The van der Waals surface area contributed by atoms with Crippen molar-refractivity contribution >= 4 is 0 Å². The molecule has 1 heterocycles. The van der Waals surface area contributed by atoms with Crippen molar-refractivity contribution in [2.75, 3.05) is 0 Å². The van der Waals surface area contributed by atoms with Crippen LogP contribution in [0.3, 0.4) is 0 Å². The fourth-order valence-electron chi connectivity index (χ4n) is 1.55. The summed E-state index contributed by atoms with van der Waals surface area (Å²) in [5.74, 6) is 0. The van der Waals surface area contributed by atoms with E-state index < -0.39 is 0 Å². The number of pyridine rings is 1. The maximum absolute atomic E-state index is 11.6. The summed E-state index contributed by atoms with van der Waals surface area (Å²) in [6.07, 6.45) is 4.30. The topological polar surface area (TPSA) is 22.0 Å². The summed E-state index contributed by atoms with van der Waals surface area (Å²) >= 11 is 0. The Balaban J connectivity index is 2.58. The number of hydrogen-bond donors (Lipinski definition) is 0. The van der Waals surface area contributed by atoms with Gasteiger partial charge in [-0.25, -0.2) is 0 Å². The van der Waals surface area contributed by atoms with Crippen molar-refractivity contribution in [3.63, 3.8) is 0 Å². The van der Waals surface area contributed by atoms with E-state index in [1.807, 2.05) is 30.7 Å². The third kappa shape index (κ3) is 1.17. The van der Waals surface area contributed by atoms with Gasteiger partial charge in [0.2, 0.25) is 0 Å². The van der Waals surface area contributed by atoms with Gasteiger partial charge in [-0.3, -0.25) is 4.79 Å². The lowest BCUT2D eigenvalue weighted by molar-refractivity contribution is 0.697. The summed E-state index contributed by atoms with van der Waals surface area (Å²) in [4.78, 5) is 11.6. The van der Waals surface area contributed by atoms with Crippen LogP contribution in [0.25, 0.3) is 0 Å². The Morgan fingerprint density at radius 1 is 1.42 bits per heavy atom. The third-order valence-electron chi connectivity index (χ3n) is 2.30. The van der Waals surface area contributed by atoms with Crippen molar-refractivity contribution in [2.45, 2.75) is 32.7 Å². The van der Waals surface area contributed by atoms with Crippen molar-refractivity contribution < 1.29 is 0 Å². The highest BCUT2D eigenvalue weighted by atomic mass is 16.1. The smallest absolute Gasteiger partial charge is 0.253 e. The average Bonchev–Trinajstić information content (AvgIpc) is 2.79. The van der Waals surface area contributed by atoms with Gasteiger partial charge < -0.3 is 4.57 Å². The normalized spacial score (nSPS) is 16.5. The van der Waals surface area contributed by atoms with E-state index in [-0.39, 0.29) is 5.56 Å². The summed E-state index contributed by atoms with van der Waals surface area (Å²) < 4.78 is 1.88. The number of aromatic nitrogens is 1. The van der Waals surface area contributed by atoms with Crippen LogP contribution >= 0.6 is 0 Å². The van der Waals surface area contributed by atoms with Gasteiger partial charge in [0.05, 0.1) is 0 Å². The van der Waals surface area contributed by atoms with Crippen LogP contribution in [0.5, 0.6) is 0 Å². The molecule has 2 heteroatoms. The van der Waals surface area contributed by atoms with Crippen LogP contribution in [-0.2, 0) is 0 Å². The van der Waals surface area contributed by atoms with Crippen LogP contribution in [0.2, 0.25) is 0 Å². The molecule has 1 aliphatic carbocycles. The van der Waals surface area contributed by atoms with Crippen LogP contribution in [0.15, 0.2) is 17.1 Å². The van der Waals surface area contributed by atoms with E-state index in [1.165, 1.54) is 18.4 Å². The first-order chi connectivity index (χ1) is 5.68. The van der Waals surface area contributed by atoms with E-state index in [1.54, 1.807) is 0 Å². The maximum Gasteiger partial charge on any atom is 0.253 e. The standard InChI is InChI=1S/C10H13NO/c1-7-5-8(2)10(12)11(6-7)9-3-4-9/h5-6,9H,3-4H2,1-2H3. The lowest BCUT2D eigenvalue weighted by Gasteiger charge is -2.05. The number of nitrogens with zero attached hydrogens (tertiary/aromatic N) is 1. The lowest BCUT2D eigenvalue weighted by Crippen LogP contribution is -2.20. The molecule has 0 spiro atoms. The van der Waals surface area contributed by atoms with Crippen molar-refractivity contribution in [1.29, 1.82) is 0 Å². The fraction of sp³-hybridized carbons (Fsp3) is 0.500. The minimum atomic E-state index is 0.183. The molecule has 0 bridgehead atoms. The SMILES string of the molecule is Cc1cc(C)c(=O)n(C2CC2)c1. The predicted molar refractivity (Wildman–Crippen MR) is 48.4 cm³/mol. The van der Waals surface area contributed by atoms with Gasteiger partial charge >= 0.3 is 0 Å². The second-order valence-electron chi connectivity index (χ2n) is 3.64. The van der Waals surface area contributed by atoms with Crippen LogP contribution < -0.4 is 5.56 Å². The first-order valence-electron chi connectivity index (χ1n) is 4.38. The molecule has 1 saturated carbocycles. The Morgan fingerprint density at radius 3 is 2.67 bits per heavy atom. The zero-order chi connectivity index (χ0) is 8.72. The molecule has 2 nitrogen and oxygen atoms in total. The molecule has 0 unspecified atom stereocenters. The molecule has 0 aliphatic heterocycles. The zero-order valence-corrected chi connectivity index (χ0v) is 7.50. The van der Waals surface area contributed by atoms with Gasteiger partial charge in [-0.1, -0.05) is 0 Å². The first-order valence-corrected chi connectivity index (χ1v) is 4.38. The minimum absolute atomic E-state index is 0.183. The summed E-state index contributed by atoms with van der Waals surface area (Å²) in [5.41, 5.74) is 2.23. The Labute approximate surface area is 71.8 Å². The highest BCUT2D eigenvalue weighted by Gasteiger charge is 2.24. The molecule has 1 fully saturated rings. The number of hydrogen-bond acceptors (Lipinski definition) is 1. The van der Waals surface area contributed by atoms with Gasteiger partial charge in [0.25, 0.3) is 5.56 Å². The molecule has 0 amide bonds. The molecular weight excluding hydrogens is 150 g/mol. The van der Waals surface area contributed by atoms with Crippen molar-refractivity contribution in [3.8, 4) is 0 Å². The van der Waals surface area contributed by atoms with E-state index in [2.05, 4.69) is 0 Å². The summed E-state index contributed by atoms with van der Waals surface area (Å²) in [6.45, 7) is 3.92. The van der Waals surface area contributed by atoms with E-state index in [0.29, 0.717) is 6.04 Å². The molecule has 0 N–H and O–H groups in total. The van der Waals surface area contributed by atoms with Gasteiger partial charge in [-0.15, -0.1) is 0 Å². The quantitative estimate of drug-likeness (QED) is 0.618. The summed E-state index contributed by atoms with van der Waals surface area (Å²) in [5, 5.41) is 0. The first kappa shape index (κ1) is 7.59. The summed E-state index contributed by atoms with van der Waals surface area (Å²) in [6, 6.07) is 2.44. The van der Waals surface area contributed by atoms with Crippen LogP contribution in [0.4, 0.5) is 0 Å². The third-order valence-corrected chi connectivity index (χ3v) is 2.30. The minimum Gasteiger partial charge on any atom is -0.312 e. The van der Waals surface area contributed by atoms with Crippen molar-refractivity contribution in [1.82, 2.24) is 4.57 Å². The average molecular weight is 163 g/mol. The van der Waals surface area contributed by atoms with E-state index in [4.69, 9.17) is 0 Å². The molecule has 0 aromatic carbocycles. The Bertz CT molecular complexity index is 361. The number of aryl methyl sites for hydroxylation is 2. The molecular formula is C10H13NO. The fourth-order valence-corrected chi connectivity index (χ4v) is 1.55. The van der Waals surface area contributed by atoms with Gasteiger partial charge in [0.1, 0.15) is 0 Å². The number of rotatable bonds is 1. The second kappa shape index (κ2) is 2.47. The van der Waals surface area contributed by atoms with Crippen molar-refractivity contribution in [2.24, 2.45) is 0 Å². The zero-order valence-electron chi connectivity index (χ0n) is 7.50. The molecule has 0 saturated heterocycles. The molecule has 64 valence electrons. The van der Waals surface area contributed by atoms with Crippen LogP contribution in [0.1, 0.15) is 30.0 Å². The molecule has 0 radical (unpaired) electrons. The highest BCUT2D eigenvalue weighted by molar-refractivity contribution is 5.17.